The van der Waals surface area contributed by atoms with Gasteiger partial charge in [-0.25, -0.2) is 0 Å². The van der Waals surface area contributed by atoms with Crippen LogP contribution in [0.3, 0.4) is 0 Å². The van der Waals surface area contributed by atoms with Crippen LogP contribution in [0.25, 0.3) is 0 Å². The summed E-state index contributed by atoms with van der Waals surface area (Å²) in [4.78, 5) is 32.8. The molecule has 238 valence electrons. The van der Waals surface area contributed by atoms with Crippen LogP contribution in [-0.4, -0.2) is 36.0 Å². The van der Waals surface area contributed by atoms with Crippen LogP contribution in [0.1, 0.15) is 87.3 Å². The zero-order chi connectivity index (χ0) is 31.8. The molecule has 6 heteroatoms. The number of carbonyl (C=O) groups excluding carboxylic acids is 2. The molecular weight excluding hydrogens is 550 g/mol. The van der Waals surface area contributed by atoms with E-state index in [9.17, 15) is 14.4 Å². The predicted molar refractivity (Wildman–Crippen MR) is 177 cm³/mol. The molecule has 6 nitrogen and oxygen atoms in total. The SMILES string of the molecule is COC(=O)Cc1ccccc1.NC1CCCCC1.O=C(Cc1ccccc1)CC1CCCCC1.O=C(O)Cc1ccccc1. The van der Waals surface area contributed by atoms with Gasteiger partial charge in [0.1, 0.15) is 5.78 Å². The van der Waals surface area contributed by atoms with Crippen molar-refractivity contribution in [1.82, 2.24) is 0 Å². The molecule has 0 aromatic heterocycles. The summed E-state index contributed by atoms with van der Waals surface area (Å²) in [5.41, 5.74) is 8.62. The van der Waals surface area contributed by atoms with E-state index in [2.05, 4.69) is 4.74 Å². The lowest BCUT2D eigenvalue weighted by Crippen LogP contribution is -2.22. The number of carboxylic acid groups (broad SMARTS) is 1. The lowest BCUT2D eigenvalue weighted by atomic mass is 9.85. The number of esters is 1. The molecule has 0 aliphatic heterocycles. The van der Waals surface area contributed by atoms with Crippen molar-refractivity contribution < 1.29 is 24.2 Å². The van der Waals surface area contributed by atoms with Gasteiger partial charge in [0.05, 0.1) is 20.0 Å². The molecule has 0 unspecified atom stereocenters. The fourth-order valence-corrected chi connectivity index (χ4v) is 5.35. The first-order valence-electron chi connectivity index (χ1n) is 16.0. The first kappa shape index (κ1) is 36.4. The van der Waals surface area contributed by atoms with Crippen LogP contribution in [0.15, 0.2) is 91.0 Å². The second-order valence-electron chi connectivity index (χ2n) is 11.6. The number of hydrogen-bond acceptors (Lipinski definition) is 5. The Morgan fingerprint density at radius 2 is 1.05 bits per heavy atom. The van der Waals surface area contributed by atoms with Crippen molar-refractivity contribution >= 4 is 17.7 Å². The van der Waals surface area contributed by atoms with Gasteiger partial charge in [-0.15, -0.1) is 0 Å². The van der Waals surface area contributed by atoms with Crippen LogP contribution in [0.4, 0.5) is 0 Å². The Kier molecular flexibility index (Phi) is 18.8. The van der Waals surface area contributed by atoms with Crippen molar-refractivity contribution in [3.05, 3.63) is 108 Å². The van der Waals surface area contributed by atoms with Crippen molar-refractivity contribution in [2.75, 3.05) is 7.11 Å². The first-order valence-corrected chi connectivity index (χ1v) is 16.0. The second-order valence-corrected chi connectivity index (χ2v) is 11.6. The minimum atomic E-state index is -0.786. The van der Waals surface area contributed by atoms with Crippen molar-refractivity contribution in [3.8, 4) is 0 Å². The first-order chi connectivity index (χ1) is 21.4. The highest BCUT2D eigenvalue weighted by molar-refractivity contribution is 5.81. The highest BCUT2D eigenvalue weighted by atomic mass is 16.5. The van der Waals surface area contributed by atoms with Gasteiger partial charge in [0, 0.05) is 18.9 Å². The molecule has 2 fully saturated rings. The molecule has 3 aromatic carbocycles. The van der Waals surface area contributed by atoms with Gasteiger partial charge in [0.15, 0.2) is 0 Å². The fourth-order valence-electron chi connectivity index (χ4n) is 5.35. The number of hydrogen-bond donors (Lipinski definition) is 2. The summed E-state index contributed by atoms with van der Waals surface area (Å²) in [6, 6.07) is 29.3. The van der Waals surface area contributed by atoms with E-state index in [0.717, 1.165) is 23.1 Å². The lowest BCUT2D eigenvalue weighted by Gasteiger charge is -2.20. The average molecular weight is 602 g/mol. The number of benzene rings is 3. The van der Waals surface area contributed by atoms with Gasteiger partial charge in [-0.3, -0.25) is 14.4 Å². The summed E-state index contributed by atoms with van der Waals surface area (Å²) in [6.45, 7) is 0. The van der Waals surface area contributed by atoms with E-state index >= 15 is 0 Å². The number of nitrogens with two attached hydrogens (primary N) is 1. The number of carbonyl (C=O) groups is 3. The van der Waals surface area contributed by atoms with Crippen LogP contribution in [-0.2, 0) is 38.4 Å². The van der Waals surface area contributed by atoms with Gasteiger partial charge in [-0.2, -0.15) is 0 Å². The average Bonchev–Trinajstić information content (AvgIpc) is 3.04. The third-order valence-corrected chi connectivity index (χ3v) is 7.75. The number of methoxy groups -OCH3 is 1. The fraction of sp³-hybridized carbons (Fsp3) is 0.447. The summed E-state index contributed by atoms with van der Waals surface area (Å²) >= 11 is 0. The minimum absolute atomic E-state index is 0.112. The molecule has 0 saturated heterocycles. The van der Waals surface area contributed by atoms with Crippen LogP contribution in [0, 0.1) is 5.92 Å². The summed E-state index contributed by atoms with van der Waals surface area (Å²) in [7, 11) is 1.39. The Hall–Kier alpha value is -3.77. The molecule has 2 saturated carbocycles. The summed E-state index contributed by atoms with van der Waals surface area (Å²) < 4.78 is 4.52. The smallest absolute Gasteiger partial charge is 0.309 e. The van der Waals surface area contributed by atoms with E-state index in [1.165, 1.54) is 71.3 Å². The molecule has 0 radical (unpaired) electrons. The lowest BCUT2D eigenvalue weighted by molar-refractivity contribution is -0.140. The molecule has 0 heterocycles. The zero-order valence-corrected chi connectivity index (χ0v) is 26.4. The Morgan fingerprint density at radius 3 is 1.43 bits per heavy atom. The van der Waals surface area contributed by atoms with Gasteiger partial charge in [0.25, 0.3) is 0 Å². The molecular formula is C38H51NO5. The molecule has 3 N–H and O–H groups in total. The van der Waals surface area contributed by atoms with E-state index in [1.54, 1.807) is 12.1 Å². The number of aliphatic carboxylic acids is 1. The van der Waals surface area contributed by atoms with Gasteiger partial charge < -0.3 is 15.6 Å². The molecule has 5 rings (SSSR count). The summed E-state index contributed by atoms with van der Waals surface area (Å²) in [5.74, 6) is 0.102. The topological polar surface area (TPSA) is 107 Å². The van der Waals surface area contributed by atoms with Crippen LogP contribution in [0.5, 0.6) is 0 Å². The monoisotopic (exact) mass is 601 g/mol. The molecule has 2 aliphatic rings. The summed E-state index contributed by atoms with van der Waals surface area (Å²) in [5, 5.41) is 8.37. The molecule has 0 amide bonds. The molecule has 2 aliphatic carbocycles. The van der Waals surface area contributed by atoms with E-state index < -0.39 is 5.97 Å². The number of ketones is 1. The molecule has 0 bridgehead atoms. The van der Waals surface area contributed by atoms with Crippen LogP contribution >= 0.6 is 0 Å². The van der Waals surface area contributed by atoms with E-state index in [-0.39, 0.29) is 12.4 Å². The Morgan fingerprint density at radius 1 is 0.636 bits per heavy atom. The highest BCUT2D eigenvalue weighted by Gasteiger charge is 2.17. The van der Waals surface area contributed by atoms with E-state index in [4.69, 9.17) is 10.8 Å². The van der Waals surface area contributed by atoms with Crippen molar-refractivity contribution in [2.45, 2.75) is 95.9 Å². The van der Waals surface area contributed by atoms with Gasteiger partial charge >= 0.3 is 11.9 Å². The minimum Gasteiger partial charge on any atom is -0.481 e. The second kappa shape index (κ2) is 22.7. The Bertz CT molecular complexity index is 1170. The van der Waals surface area contributed by atoms with Crippen molar-refractivity contribution in [2.24, 2.45) is 11.7 Å². The normalized spacial score (nSPS) is 14.7. The number of Topliss-reactive ketones (excluding diaryl/α,β-unsaturated/α-hetero) is 1. The maximum Gasteiger partial charge on any atom is 0.309 e. The summed E-state index contributed by atoms with van der Waals surface area (Å²) in [6.07, 6.45) is 15.1. The molecule has 44 heavy (non-hydrogen) atoms. The Labute approximate surface area is 264 Å². The molecule has 0 spiro atoms. The molecule has 3 aromatic rings. The number of carboxylic acids is 1. The predicted octanol–water partition coefficient (Wildman–Crippen LogP) is 7.76. The van der Waals surface area contributed by atoms with Crippen molar-refractivity contribution in [1.29, 1.82) is 0 Å². The van der Waals surface area contributed by atoms with Crippen LogP contribution in [0.2, 0.25) is 0 Å². The quantitative estimate of drug-likeness (QED) is 0.256. The Balaban J connectivity index is 0.000000214. The highest BCUT2D eigenvalue weighted by Crippen LogP contribution is 2.26. The number of rotatable bonds is 8. The molecule has 0 atom stereocenters. The third kappa shape index (κ3) is 18.0. The van der Waals surface area contributed by atoms with Crippen molar-refractivity contribution in [3.63, 3.8) is 0 Å². The maximum atomic E-state index is 11.9. The van der Waals surface area contributed by atoms with Gasteiger partial charge in [-0.1, -0.05) is 142 Å². The largest absolute Gasteiger partial charge is 0.481 e. The maximum absolute atomic E-state index is 11.9. The van der Waals surface area contributed by atoms with Crippen LogP contribution < -0.4 is 5.73 Å². The van der Waals surface area contributed by atoms with Gasteiger partial charge in [-0.05, 0) is 35.4 Å². The zero-order valence-electron chi connectivity index (χ0n) is 26.4. The third-order valence-electron chi connectivity index (χ3n) is 7.75. The number of ether oxygens (including phenoxy) is 1. The standard InChI is InChI=1S/C15H20O.C9H10O2.C8H8O2.C6H13N/c16-15(11-13-7-3-1-4-8-13)12-14-9-5-2-6-10-14;1-11-9(10)7-8-5-3-2-4-6-8;9-8(10)6-7-4-2-1-3-5-7;7-6-4-2-1-3-5-6/h1,3-4,7-8,14H,2,5-6,9-12H2;2-6H,7H2,1H3;1-5H,6H2,(H,9,10);6H,1-5,7H2. The van der Waals surface area contributed by atoms with E-state index in [0.29, 0.717) is 30.6 Å². The van der Waals surface area contributed by atoms with E-state index in [1.807, 2.05) is 78.9 Å². The van der Waals surface area contributed by atoms with Gasteiger partial charge in [0.2, 0.25) is 0 Å².